The van der Waals surface area contributed by atoms with E-state index in [1.807, 2.05) is 93.6 Å². The molecule has 5 aromatic rings. The van der Waals surface area contributed by atoms with Crippen LogP contribution in [0.5, 0.6) is 23.0 Å². The molecule has 4 spiro atoms. The van der Waals surface area contributed by atoms with E-state index in [1.54, 1.807) is 33.3 Å². The second-order valence-corrected chi connectivity index (χ2v) is 41.3. The normalized spacial score (nSPS) is 35.6. The van der Waals surface area contributed by atoms with Crippen molar-refractivity contribution in [2.75, 3.05) is 109 Å². The fraction of sp³-hybridized carbons (Fsp3) is 0.598. The largest absolute Gasteiger partial charge is 0.497 e. The summed E-state index contributed by atoms with van der Waals surface area (Å²) < 4.78 is 27.8. The number of methoxy groups -OCH3 is 4. The molecule has 0 unspecified atom stereocenters. The first-order valence-electron chi connectivity index (χ1n) is 46.0. The number of carbonyl (C=O) groups excluding carboxylic acids is 9. The number of benzene rings is 5. The lowest BCUT2D eigenvalue weighted by molar-refractivity contribution is -0.181. The van der Waals surface area contributed by atoms with Crippen LogP contribution in [0.3, 0.4) is 0 Å². The first kappa shape index (κ1) is 89.6. The Labute approximate surface area is 752 Å². The highest BCUT2D eigenvalue weighted by atomic mass is 16.6. The fourth-order valence-electron chi connectivity index (χ4n) is 27.3. The van der Waals surface area contributed by atoms with Gasteiger partial charge in [0.25, 0.3) is 23.6 Å². The molecule has 21 rings (SSSR count). The van der Waals surface area contributed by atoms with Crippen molar-refractivity contribution in [1.29, 1.82) is 0 Å². The molecule has 4 saturated carbocycles. The Morgan fingerprint density at radius 3 is 1.02 bits per heavy atom. The van der Waals surface area contributed by atoms with Gasteiger partial charge < -0.3 is 80.1 Å². The monoisotopic (exact) mass is 1770 g/mol. The van der Waals surface area contributed by atoms with E-state index < -0.39 is 108 Å². The van der Waals surface area contributed by atoms with Crippen molar-refractivity contribution in [3.05, 3.63) is 153 Å². The molecule has 32 nitrogen and oxygen atoms in total. The van der Waals surface area contributed by atoms with Crippen LogP contribution < -0.4 is 61.5 Å². The SMILES string of the molecule is COc1ccc2c(c1)[C@]13CCN(C(=O)OC(C)(C)C)[C@H](C2)[C@]1(O)CC[C@@]1(C3)NC(=O)NC1=O.COc1ccc2c(c1)[C@]13CCN(CCCN(C)C)[C@H](C2)[C@]1(O)CC[C@@]1(C3)NC(=O)NC1=O.COc1ccc2c(c1)[C@]13CCN(CCN(C)C)[C@H](C2)[C@]1(O)CC[C@@]1(C3)NC(=O)NC1=O.COc1ccc2c(c1)[C@]13CCN(Cc4ccccc4)[C@H](C2)[C@]1(O)CC[C@@]1(C3)NC(=O)NC1=O. The van der Waals surface area contributed by atoms with E-state index >= 15 is 0 Å². The van der Waals surface area contributed by atoms with E-state index in [2.05, 4.69) is 126 Å². The summed E-state index contributed by atoms with van der Waals surface area (Å²) >= 11 is 0. The number of urea groups is 4. The summed E-state index contributed by atoms with van der Waals surface area (Å²) in [7, 11) is 14.8. The van der Waals surface area contributed by atoms with E-state index in [9.17, 15) is 63.6 Å². The van der Waals surface area contributed by atoms with Gasteiger partial charge in [-0.25, -0.2) is 24.0 Å². The van der Waals surface area contributed by atoms with Gasteiger partial charge in [-0.2, -0.15) is 0 Å². The molecule has 129 heavy (non-hydrogen) atoms. The van der Waals surface area contributed by atoms with Gasteiger partial charge in [-0.3, -0.25) is 55.1 Å². The minimum Gasteiger partial charge on any atom is -0.497 e. The molecule has 0 radical (unpaired) electrons. The van der Waals surface area contributed by atoms with E-state index in [4.69, 9.17) is 23.7 Å². The van der Waals surface area contributed by atoms with Crippen molar-refractivity contribution in [2.24, 2.45) is 0 Å². The summed E-state index contributed by atoms with van der Waals surface area (Å²) in [6.45, 7) is 12.9. The Bertz CT molecular complexity index is 5370. The number of likely N-dealkylation sites (N-methyl/N-ethyl adjacent to an activating group) is 1. The number of hydrogen-bond acceptors (Lipinski definition) is 23. The zero-order valence-corrected chi connectivity index (χ0v) is 76.0. The van der Waals surface area contributed by atoms with Crippen LogP contribution >= 0.6 is 0 Å². The summed E-state index contributed by atoms with van der Waals surface area (Å²) in [5, 5.41) is 70.9. The van der Waals surface area contributed by atoms with Gasteiger partial charge in [0.1, 0.15) is 50.8 Å². The third kappa shape index (κ3) is 14.2. The number of piperidine rings is 4. The molecule has 16 atom stereocenters. The number of carbonyl (C=O) groups is 9. The smallest absolute Gasteiger partial charge is 0.410 e. The fourth-order valence-corrected chi connectivity index (χ4v) is 27.3. The molecule has 8 saturated heterocycles. The van der Waals surface area contributed by atoms with Crippen LogP contribution in [0.4, 0.5) is 24.0 Å². The van der Waals surface area contributed by atoms with E-state index in [1.165, 1.54) is 22.3 Å². The highest BCUT2D eigenvalue weighted by Gasteiger charge is 2.75. The van der Waals surface area contributed by atoms with Crippen molar-refractivity contribution in [2.45, 2.75) is 258 Å². The van der Waals surface area contributed by atoms with Crippen LogP contribution in [0.2, 0.25) is 0 Å². The molecule has 12 N–H and O–H groups in total. The standard InChI is InChI=1S/C26H29N3O4.C24H34N4O4.C24H31N3O6.C23H32N4O4/c1-33-19-8-7-18-13-21-26(32)10-9-25(22(30)27-23(31)28-25)16-24(26,20(18)14-19)11-12-29(21)15-17-5-3-2-4-6-17;1-27(2)10-4-11-28-12-9-22-15-23(20(29)25-21(30)26-23)7-8-24(22,31)19(28)13-16-5-6-17(32-3)14-18(16)22;1-21(2,3)33-20(30)27-10-9-22-13-23(18(28)25-19(29)26-23)7-8-24(22,31)17(27)11-14-5-6-15(32-4)12-16(14)22;1-26(2)10-11-27-9-8-21-14-22(19(28)24-20(29)25-22)6-7-23(21,30)18(27)12-15-4-5-16(31-3)13-17(15)21/h2-8,14,21,32H,9-13,15-16H2,1H3,(H2,27,28,30,31);5-6,14,19,31H,4,7-13,15H2,1-3H3,(H2,25,26,29,30);5-6,12,17,31H,7-11,13H2,1-4H3,(H2,25,26,28,29);4-5,13,18,30H,6-12,14H2,1-3H3,(H2,24,25,28,29)/t21-,24-,25+,26-;19-,22-,23+,24-;17-,22-,23+,24-;18-,21-,22+,23-/m1111/s1. The van der Waals surface area contributed by atoms with E-state index in [0.29, 0.717) is 95.8 Å². The van der Waals surface area contributed by atoms with Crippen molar-refractivity contribution in [3.63, 3.8) is 0 Å². The summed E-state index contributed by atoms with van der Waals surface area (Å²) in [6, 6.07) is 32.1. The third-order valence-electron chi connectivity index (χ3n) is 33.4. The highest BCUT2D eigenvalue weighted by molar-refractivity contribution is 6.09. The van der Waals surface area contributed by atoms with E-state index in [0.717, 1.165) is 136 Å². The van der Waals surface area contributed by atoms with Crippen molar-refractivity contribution in [3.8, 4) is 23.0 Å². The number of fused-ring (bicyclic) bond motifs is 4. The van der Waals surface area contributed by atoms with Gasteiger partial charge in [-0.05, 0) is 315 Å². The lowest BCUT2D eigenvalue weighted by atomic mass is 9.46. The number of nitrogens with zero attached hydrogens (tertiary/aromatic N) is 6. The zero-order chi connectivity index (χ0) is 91.4. The van der Waals surface area contributed by atoms with Gasteiger partial charge in [0.15, 0.2) is 0 Å². The molecule has 16 aliphatic rings. The predicted octanol–water partition coefficient (Wildman–Crippen LogP) is 5.88. The topological polar surface area (TPSA) is 396 Å². The van der Waals surface area contributed by atoms with Crippen LogP contribution in [-0.4, -0.2) is 287 Å². The second kappa shape index (κ2) is 32.2. The van der Waals surface area contributed by atoms with Crippen LogP contribution in [0.1, 0.15) is 180 Å². The first-order valence-corrected chi connectivity index (χ1v) is 46.0. The average molecular weight is 1780 g/mol. The lowest BCUT2D eigenvalue weighted by Gasteiger charge is -2.65. The second-order valence-electron chi connectivity index (χ2n) is 41.3. The molecule has 12 fully saturated rings. The number of rotatable bonds is 13. The average Bonchev–Trinajstić information content (AvgIpc) is 1.69. The molecule has 8 aliphatic carbocycles. The molecule has 13 amide bonds. The maximum atomic E-state index is 13.1. The molecule has 5 aromatic carbocycles. The van der Waals surface area contributed by atoms with Crippen LogP contribution in [0.25, 0.3) is 0 Å². The highest BCUT2D eigenvalue weighted by Crippen LogP contribution is 2.66. The molecule has 8 bridgehead atoms. The minimum atomic E-state index is -1.28. The van der Waals surface area contributed by atoms with Gasteiger partial charge in [-0.15, -0.1) is 0 Å². The quantitative estimate of drug-likeness (QED) is 0.0613. The summed E-state index contributed by atoms with van der Waals surface area (Å²) in [5.41, 5.74) is -1.55. The molecule has 692 valence electrons. The van der Waals surface area contributed by atoms with Crippen LogP contribution in [0.15, 0.2) is 103 Å². The Morgan fingerprint density at radius 1 is 0.395 bits per heavy atom. The lowest BCUT2D eigenvalue weighted by Crippen LogP contribution is -2.76. The maximum absolute atomic E-state index is 13.1. The Kier molecular flexibility index (Phi) is 22.3. The van der Waals surface area contributed by atoms with Crippen molar-refractivity contribution >= 4 is 53.8 Å². The van der Waals surface area contributed by atoms with Crippen molar-refractivity contribution in [1.82, 2.24) is 71.9 Å². The minimum absolute atomic E-state index is 0.00294. The zero-order valence-electron chi connectivity index (χ0n) is 76.0. The van der Waals surface area contributed by atoms with Gasteiger partial charge >= 0.3 is 30.2 Å². The van der Waals surface area contributed by atoms with Gasteiger partial charge in [0.2, 0.25) is 0 Å². The number of aliphatic hydroxyl groups is 4. The van der Waals surface area contributed by atoms with Gasteiger partial charge in [-0.1, -0.05) is 54.6 Å². The van der Waals surface area contributed by atoms with Gasteiger partial charge in [0.05, 0.1) is 56.9 Å². The third-order valence-corrected chi connectivity index (χ3v) is 33.4. The number of nitrogens with one attached hydrogen (secondary N) is 8. The van der Waals surface area contributed by atoms with Crippen LogP contribution in [0, 0.1) is 0 Å². The molecular weight excluding hydrogens is 1650 g/mol. The number of ether oxygens (including phenoxy) is 5. The Hall–Kier alpha value is -10.0. The van der Waals surface area contributed by atoms with E-state index in [-0.39, 0.29) is 54.6 Å². The number of imide groups is 4. The van der Waals surface area contributed by atoms with Crippen molar-refractivity contribution < 1.29 is 87.3 Å². The molecule has 32 heteroatoms. The maximum Gasteiger partial charge on any atom is 0.410 e. The molecule has 8 aliphatic heterocycles. The Balaban J connectivity index is 0.000000116. The molecular formula is C97H126N14O18. The summed E-state index contributed by atoms with van der Waals surface area (Å²) in [6.07, 6.45) is 10.8. The number of amides is 13. The predicted molar refractivity (Wildman–Crippen MR) is 475 cm³/mol. The van der Waals surface area contributed by atoms with Crippen LogP contribution in [-0.2, 0) is 77.8 Å². The summed E-state index contributed by atoms with van der Waals surface area (Å²) in [5.74, 6) is 1.75. The van der Waals surface area contributed by atoms with Gasteiger partial charge in [0, 0.05) is 66.0 Å². The molecule has 8 heterocycles. The molecule has 0 aromatic heterocycles. The number of hydrogen-bond donors (Lipinski definition) is 12. The summed E-state index contributed by atoms with van der Waals surface area (Å²) in [4.78, 5) is 126. The first-order chi connectivity index (χ1) is 61.3. The Morgan fingerprint density at radius 2 is 0.705 bits per heavy atom. The number of likely N-dealkylation sites (tertiary alicyclic amines) is 4.